The third-order valence-corrected chi connectivity index (χ3v) is 8.19. The molecule has 0 heterocycles. The molecular weight excluding hydrogens is 520 g/mol. The summed E-state index contributed by atoms with van der Waals surface area (Å²) in [5.74, 6) is -1.26. The van der Waals surface area contributed by atoms with Crippen LogP contribution in [0.2, 0.25) is 0 Å². The Morgan fingerprint density at radius 1 is 0.452 bits per heavy atom. The van der Waals surface area contributed by atoms with E-state index in [1.165, 1.54) is 103 Å². The Hall–Kier alpha value is -1.32. The molecule has 0 aliphatic rings. The van der Waals surface area contributed by atoms with Crippen molar-refractivity contribution in [3.05, 3.63) is 12.2 Å². The molecule has 0 aromatic rings. The molecule has 42 heavy (non-hydrogen) atoms. The molecule has 0 bridgehead atoms. The summed E-state index contributed by atoms with van der Waals surface area (Å²) in [4.78, 5) is 26.4. The van der Waals surface area contributed by atoms with Gasteiger partial charge in [0.15, 0.2) is 0 Å². The van der Waals surface area contributed by atoms with Gasteiger partial charge in [-0.15, -0.1) is 0 Å². The minimum absolute atomic E-state index is 0.177. The first-order valence-electron chi connectivity index (χ1n) is 18.4. The van der Waals surface area contributed by atoms with E-state index < -0.39 is 11.8 Å². The van der Waals surface area contributed by atoms with Gasteiger partial charge in [-0.2, -0.15) is 0 Å². The van der Waals surface area contributed by atoms with Crippen LogP contribution in [0.1, 0.15) is 196 Å². The van der Waals surface area contributed by atoms with Crippen molar-refractivity contribution < 1.29 is 19.1 Å². The number of rotatable bonds is 30. The SMILES string of the molecule is CCCCCCCC/C=C\CCCCCCC(C(=O)OC(C)C)C(CCCCCCCCCCCC)C(=O)OC(C)C. The molecule has 4 heteroatoms. The summed E-state index contributed by atoms with van der Waals surface area (Å²) in [6.07, 6.45) is 33.1. The molecule has 4 nitrogen and oxygen atoms in total. The van der Waals surface area contributed by atoms with Gasteiger partial charge in [0, 0.05) is 0 Å². The highest BCUT2D eigenvalue weighted by Crippen LogP contribution is 2.29. The molecule has 0 aliphatic heterocycles. The average molecular weight is 593 g/mol. The fraction of sp³-hybridized carbons (Fsp3) is 0.895. The number of carbonyl (C=O) groups is 2. The van der Waals surface area contributed by atoms with Gasteiger partial charge in [0.2, 0.25) is 0 Å². The normalized spacial score (nSPS) is 13.2. The molecule has 0 spiro atoms. The number of hydrogen-bond donors (Lipinski definition) is 0. The van der Waals surface area contributed by atoms with Crippen molar-refractivity contribution in [2.24, 2.45) is 11.8 Å². The second kappa shape index (κ2) is 29.7. The number of hydrogen-bond acceptors (Lipinski definition) is 4. The van der Waals surface area contributed by atoms with E-state index in [0.717, 1.165) is 38.5 Å². The summed E-state index contributed by atoms with van der Waals surface area (Å²) in [7, 11) is 0. The first kappa shape index (κ1) is 40.7. The minimum Gasteiger partial charge on any atom is -0.463 e. The van der Waals surface area contributed by atoms with Crippen molar-refractivity contribution in [2.75, 3.05) is 0 Å². The van der Waals surface area contributed by atoms with Gasteiger partial charge in [0.05, 0.1) is 24.0 Å². The van der Waals surface area contributed by atoms with Gasteiger partial charge in [0.1, 0.15) is 0 Å². The fourth-order valence-corrected chi connectivity index (χ4v) is 5.72. The zero-order valence-corrected chi connectivity index (χ0v) is 29.1. The number of unbranched alkanes of at least 4 members (excludes halogenated alkanes) is 19. The van der Waals surface area contributed by atoms with Crippen LogP contribution in [0.3, 0.4) is 0 Å². The van der Waals surface area contributed by atoms with Crippen LogP contribution >= 0.6 is 0 Å². The second-order valence-corrected chi connectivity index (χ2v) is 13.2. The highest BCUT2D eigenvalue weighted by molar-refractivity contribution is 5.82. The lowest BCUT2D eigenvalue weighted by molar-refractivity contribution is -0.166. The summed E-state index contributed by atoms with van der Waals surface area (Å²) in [5.41, 5.74) is 0. The Kier molecular flexibility index (Phi) is 28.8. The summed E-state index contributed by atoms with van der Waals surface area (Å²) >= 11 is 0. The zero-order chi connectivity index (χ0) is 31.3. The highest BCUT2D eigenvalue weighted by atomic mass is 16.6. The molecule has 2 unspecified atom stereocenters. The average Bonchev–Trinajstić information content (AvgIpc) is 2.93. The lowest BCUT2D eigenvalue weighted by Crippen LogP contribution is -2.34. The van der Waals surface area contributed by atoms with E-state index in [9.17, 15) is 9.59 Å². The summed E-state index contributed by atoms with van der Waals surface area (Å²) in [6, 6.07) is 0. The van der Waals surface area contributed by atoms with Crippen molar-refractivity contribution in [3.63, 3.8) is 0 Å². The molecule has 2 atom stereocenters. The zero-order valence-electron chi connectivity index (χ0n) is 29.1. The first-order valence-corrected chi connectivity index (χ1v) is 18.4. The third kappa shape index (κ3) is 25.2. The van der Waals surface area contributed by atoms with Gasteiger partial charge in [0.25, 0.3) is 0 Å². The summed E-state index contributed by atoms with van der Waals surface area (Å²) in [5, 5.41) is 0. The molecular formula is C38H72O4. The van der Waals surface area contributed by atoms with Crippen LogP contribution in [0.4, 0.5) is 0 Å². The van der Waals surface area contributed by atoms with Gasteiger partial charge in [-0.25, -0.2) is 0 Å². The van der Waals surface area contributed by atoms with Crippen LogP contribution in [0.25, 0.3) is 0 Å². The van der Waals surface area contributed by atoms with Gasteiger partial charge in [-0.1, -0.05) is 142 Å². The number of ether oxygens (including phenoxy) is 2. The maximum atomic E-state index is 13.2. The number of esters is 2. The number of allylic oxidation sites excluding steroid dienone is 2. The Bertz CT molecular complexity index is 639. The summed E-state index contributed by atoms with van der Waals surface area (Å²) < 4.78 is 11.3. The van der Waals surface area contributed by atoms with Crippen LogP contribution in [0.15, 0.2) is 12.2 Å². The third-order valence-electron chi connectivity index (χ3n) is 8.19. The Morgan fingerprint density at radius 2 is 0.738 bits per heavy atom. The Labute approximate surface area is 262 Å². The van der Waals surface area contributed by atoms with Crippen LogP contribution in [-0.2, 0) is 19.1 Å². The fourth-order valence-electron chi connectivity index (χ4n) is 5.72. The molecule has 0 amide bonds. The van der Waals surface area contributed by atoms with E-state index in [2.05, 4.69) is 26.0 Å². The van der Waals surface area contributed by atoms with Crippen molar-refractivity contribution in [2.45, 2.75) is 208 Å². The van der Waals surface area contributed by atoms with E-state index in [4.69, 9.17) is 9.47 Å². The molecule has 0 rings (SSSR count). The van der Waals surface area contributed by atoms with Gasteiger partial charge >= 0.3 is 11.9 Å². The lowest BCUT2D eigenvalue weighted by Gasteiger charge is -2.26. The topological polar surface area (TPSA) is 52.6 Å². The molecule has 248 valence electrons. The second-order valence-electron chi connectivity index (χ2n) is 13.2. The van der Waals surface area contributed by atoms with Gasteiger partial charge < -0.3 is 9.47 Å². The molecule has 0 radical (unpaired) electrons. The van der Waals surface area contributed by atoms with Crippen LogP contribution in [0, 0.1) is 11.8 Å². The smallest absolute Gasteiger partial charge is 0.310 e. The largest absolute Gasteiger partial charge is 0.463 e. The molecule has 0 saturated carbocycles. The predicted molar refractivity (Wildman–Crippen MR) is 181 cm³/mol. The standard InChI is InChI=1S/C38H72O4/c1-7-9-11-13-15-17-19-20-21-22-24-26-28-30-32-36(38(40)42-34(5)6)35(37(39)41-33(3)4)31-29-27-25-23-18-16-14-12-10-8-2/h20-21,33-36H,7-19,22-32H2,1-6H3/b21-20-. The maximum absolute atomic E-state index is 13.2. The van der Waals surface area contributed by atoms with Gasteiger partial charge in [-0.3, -0.25) is 9.59 Å². The maximum Gasteiger partial charge on any atom is 0.310 e. The van der Waals surface area contributed by atoms with Crippen molar-refractivity contribution >= 4 is 11.9 Å². The van der Waals surface area contributed by atoms with Crippen molar-refractivity contribution in [3.8, 4) is 0 Å². The van der Waals surface area contributed by atoms with E-state index in [-0.39, 0.29) is 24.1 Å². The Balaban J connectivity index is 4.64. The van der Waals surface area contributed by atoms with E-state index >= 15 is 0 Å². The van der Waals surface area contributed by atoms with E-state index in [0.29, 0.717) is 12.8 Å². The molecule has 0 aliphatic carbocycles. The quantitative estimate of drug-likeness (QED) is 0.0473. The molecule has 0 fully saturated rings. The molecule has 0 aromatic heterocycles. The molecule has 0 saturated heterocycles. The van der Waals surface area contributed by atoms with Gasteiger partial charge in [-0.05, 0) is 66.2 Å². The summed E-state index contributed by atoms with van der Waals surface area (Å²) in [6.45, 7) is 12.1. The highest BCUT2D eigenvalue weighted by Gasteiger charge is 2.36. The monoisotopic (exact) mass is 593 g/mol. The van der Waals surface area contributed by atoms with E-state index in [1.807, 2.05) is 27.7 Å². The van der Waals surface area contributed by atoms with Crippen LogP contribution in [-0.4, -0.2) is 24.1 Å². The molecule has 0 aromatic carbocycles. The number of carbonyl (C=O) groups excluding carboxylic acids is 2. The van der Waals surface area contributed by atoms with Crippen molar-refractivity contribution in [1.82, 2.24) is 0 Å². The van der Waals surface area contributed by atoms with E-state index in [1.54, 1.807) is 0 Å². The van der Waals surface area contributed by atoms with Crippen LogP contribution in [0.5, 0.6) is 0 Å². The lowest BCUT2D eigenvalue weighted by atomic mass is 9.83. The minimum atomic E-state index is -0.408. The first-order chi connectivity index (χ1) is 20.3. The predicted octanol–water partition coefficient (Wildman–Crippen LogP) is 12.1. The van der Waals surface area contributed by atoms with Crippen molar-refractivity contribution in [1.29, 1.82) is 0 Å². The Morgan fingerprint density at radius 3 is 1.05 bits per heavy atom. The van der Waals surface area contributed by atoms with Crippen LogP contribution < -0.4 is 0 Å². The molecule has 0 N–H and O–H groups in total.